The molecule has 0 atom stereocenters. The Morgan fingerprint density at radius 2 is 1.92 bits per heavy atom. The van der Waals surface area contributed by atoms with Crippen molar-refractivity contribution in [3.05, 3.63) is 17.5 Å². The van der Waals surface area contributed by atoms with Gasteiger partial charge < -0.3 is 25.2 Å². The van der Waals surface area contributed by atoms with Gasteiger partial charge in [0.15, 0.2) is 11.7 Å². The molecule has 150 valence electrons. The molecule has 0 fully saturated rings. The Morgan fingerprint density at radius 1 is 1.27 bits per heavy atom. The van der Waals surface area contributed by atoms with Crippen LogP contribution in [0.3, 0.4) is 0 Å². The van der Waals surface area contributed by atoms with Crippen LogP contribution in [0.2, 0.25) is 0 Å². The highest BCUT2D eigenvalue weighted by atomic mass is 127. The number of nitrogens with zero attached hydrogens (tertiary/aromatic N) is 2. The highest BCUT2D eigenvalue weighted by Crippen LogP contribution is 2.09. The number of ether oxygens (including phenoxy) is 1. The molecule has 1 aromatic rings. The average molecular weight is 481 g/mol. The first-order chi connectivity index (χ1) is 11.5. The molecule has 0 radical (unpaired) electrons. The standard InChI is InChI=1S/C17H31N5O3.HI/c1-8-12-9-13(25-22-12)10-19-14(18-7)20-11-17(5,6)21-15(23)24-16(2,3)4;/h9H,8,10-11H2,1-7H3,(H,21,23)(H2,18,19,20);1H. The van der Waals surface area contributed by atoms with Crippen molar-refractivity contribution in [2.45, 2.75) is 65.6 Å². The fraction of sp³-hybridized carbons (Fsp3) is 0.706. The summed E-state index contributed by atoms with van der Waals surface area (Å²) >= 11 is 0. The van der Waals surface area contributed by atoms with E-state index in [4.69, 9.17) is 9.26 Å². The summed E-state index contributed by atoms with van der Waals surface area (Å²) in [6.07, 6.45) is 0.386. The molecule has 0 aromatic carbocycles. The maximum absolute atomic E-state index is 11.9. The van der Waals surface area contributed by atoms with E-state index >= 15 is 0 Å². The Kier molecular flexibility index (Phi) is 9.97. The predicted octanol–water partition coefficient (Wildman–Crippen LogP) is 2.82. The molecule has 0 spiro atoms. The Labute approximate surface area is 172 Å². The molecule has 0 unspecified atom stereocenters. The highest BCUT2D eigenvalue weighted by molar-refractivity contribution is 14.0. The smallest absolute Gasteiger partial charge is 0.408 e. The minimum absolute atomic E-state index is 0. The first kappa shape index (κ1) is 24.5. The predicted molar refractivity (Wildman–Crippen MR) is 113 cm³/mol. The summed E-state index contributed by atoms with van der Waals surface area (Å²) in [4.78, 5) is 16.1. The zero-order chi connectivity index (χ0) is 19.1. The summed E-state index contributed by atoms with van der Waals surface area (Å²) in [5.41, 5.74) is -0.122. The first-order valence-electron chi connectivity index (χ1n) is 8.45. The molecule has 0 saturated carbocycles. The minimum atomic E-state index is -0.528. The molecular weight excluding hydrogens is 449 g/mol. The van der Waals surface area contributed by atoms with Crippen LogP contribution in [-0.2, 0) is 17.7 Å². The van der Waals surface area contributed by atoms with Crippen LogP contribution in [0.15, 0.2) is 15.6 Å². The number of aliphatic imine (C=N–C) groups is 1. The van der Waals surface area contributed by atoms with Crippen molar-refractivity contribution in [3.63, 3.8) is 0 Å². The number of guanidine groups is 1. The van der Waals surface area contributed by atoms with Crippen molar-refractivity contribution < 1.29 is 14.1 Å². The second-order valence-corrected chi connectivity index (χ2v) is 7.43. The van der Waals surface area contributed by atoms with E-state index in [9.17, 15) is 4.79 Å². The minimum Gasteiger partial charge on any atom is -0.444 e. The molecule has 26 heavy (non-hydrogen) atoms. The van der Waals surface area contributed by atoms with E-state index in [2.05, 4.69) is 26.1 Å². The van der Waals surface area contributed by atoms with Gasteiger partial charge in [-0.25, -0.2) is 4.79 Å². The van der Waals surface area contributed by atoms with E-state index in [1.165, 1.54) is 0 Å². The number of nitrogens with one attached hydrogen (secondary N) is 3. The van der Waals surface area contributed by atoms with Crippen LogP contribution >= 0.6 is 24.0 Å². The molecule has 0 bridgehead atoms. The topological polar surface area (TPSA) is 101 Å². The van der Waals surface area contributed by atoms with E-state index in [0.717, 1.165) is 17.9 Å². The molecule has 0 aliphatic rings. The van der Waals surface area contributed by atoms with Gasteiger partial charge in [0.25, 0.3) is 0 Å². The third-order valence-electron chi connectivity index (χ3n) is 3.16. The molecule has 3 N–H and O–H groups in total. The quantitative estimate of drug-likeness (QED) is 0.328. The second kappa shape index (κ2) is 10.6. The molecule has 1 aromatic heterocycles. The Morgan fingerprint density at radius 3 is 2.42 bits per heavy atom. The van der Waals surface area contributed by atoms with Gasteiger partial charge in [-0.15, -0.1) is 24.0 Å². The van der Waals surface area contributed by atoms with Gasteiger partial charge in [0, 0.05) is 19.7 Å². The van der Waals surface area contributed by atoms with E-state index in [1.807, 2.05) is 47.6 Å². The van der Waals surface area contributed by atoms with Gasteiger partial charge in [0.2, 0.25) is 0 Å². The third-order valence-corrected chi connectivity index (χ3v) is 3.16. The van der Waals surface area contributed by atoms with E-state index in [-0.39, 0.29) is 24.0 Å². The molecule has 8 nitrogen and oxygen atoms in total. The summed E-state index contributed by atoms with van der Waals surface area (Å²) < 4.78 is 10.5. The van der Waals surface area contributed by atoms with Gasteiger partial charge in [-0.1, -0.05) is 12.1 Å². The number of rotatable bonds is 6. The maximum atomic E-state index is 11.9. The van der Waals surface area contributed by atoms with Crippen LogP contribution in [0.4, 0.5) is 4.79 Å². The van der Waals surface area contributed by atoms with E-state index < -0.39 is 17.2 Å². The first-order valence-corrected chi connectivity index (χ1v) is 8.45. The number of aryl methyl sites for hydroxylation is 1. The van der Waals surface area contributed by atoms with Gasteiger partial charge in [0.05, 0.1) is 17.8 Å². The number of aromatic nitrogens is 1. The summed E-state index contributed by atoms with van der Waals surface area (Å²) in [7, 11) is 1.68. The van der Waals surface area contributed by atoms with Gasteiger partial charge >= 0.3 is 6.09 Å². The SMILES string of the molecule is CCc1cc(CNC(=NC)NCC(C)(C)NC(=O)OC(C)(C)C)on1.I. The van der Waals surface area contributed by atoms with E-state index in [0.29, 0.717) is 19.0 Å². The lowest BCUT2D eigenvalue weighted by atomic mass is 10.1. The summed E-state index contributed by atoms with van der Waals surface area (Å²) in [5.74, 6) is 1.35. The largest absolute Gasteiger partial charge is 0.444 e. The molecule has 0 aliphatic heterocycles. The zero-order valence-electron chi connectivity index (χ0n) is 16.7. The number of alkyl carbamates (subject to hydrolysis) is 1. The van der Waals surface area contributed by atoms with Crippen LogP contribution < -0.4 is 16.0 Å². The number of amides is 1. The van der Waals surface area contributed by atoms with Gasteiger partial charge in [-0.05, 0) is 41.0 Å². The van der Waals surface area contributed by atoms with Crippen LogP contribution in [0, 0.1) is 0 Å². The van der Waals surface area contributed by atoms with Gasteiger partial charge in [-0.3, -0.25) is 4.99 Å². The summed E-state index contributed by atoms with van der Waals surface area (Å²) in [5, 5.41) is 13.1. The fourth-order valence-electron chi connectivity index (χ4n) is 1.93. The van der Waals surface area contributed by atoms with Crippen LogP contribution in [0.25, 0.3) is 0 Å². The second-order valence-electron chi connectivity index (χ2n) is 7.43. The molecule has 9 heteroatoms. The molecule has 0 aliphatic carbocycles. The van der Waals surface area contributed by atoms with Crippen molar-refractivity contribution in [1.29, 1.82) is 0 Å². The van der Waals surface area contributed by atoms with Crippen molar-refractivity contribution in [1.82, 2.24) is 21.1 Å². The highest BCUT2D eigenvalue weighted by Gasteiger charge is 2.24. The molecule has 1 rings (SSSR count). The van der Waals surface area contributed by atoms with Crippen LogP contribution in [0.5, 0.6) is 0 Å². The number of carbonyl (C=O) groups excluding carboxylic acids is 1. The lowest BCUT2D eigenvalue weighted by Gasteiger charge is -2.29. The summed E-state index contributed by atoms with van der Waals surface area (Å²) in [6.45, 7) is 12.3. The number of carbonyl (C=O) groups is 1. The number of hydrogen-bond acceptors (Lipinski definition) is 5. The Balaban J connectivity index is 0.00000625. The number of halogens is 1. The third kappa shape index (κ3) is 9.83. The lowest BCUT2D eigenvalue weighted by Crippen LogP contribution is -2.54. The van der Waals surface area contributed by atoms with Crippen LogP contribution in [-0.4, -0.2) is 41.9 Å². The van der Waals surface area contributed by atoms with Gasteiger partial charge in [-0.2, -0.15) is 0 Å². The van der Waals surface area contributed by atoms with Crippen LogP contribution in [0.1, 0.15) is 53.0 Å². The molecular formula is C17H32IN5O3. The summed E-state index contributed by atoms with van der Waals surface area (Å²) in [6, 6.07) is 1.91. The zero-order valence-corrected chi connectivity index (χ0v) is 19.1. The van der Waals surface area contributed by atoms with Gasteiger partial charge in [0.1, 0.15) is 5.60 Å². The Hall–Kier alpha value is -1.52. The lowest BCUT2D eigenvalue weighted by molar-refractivity contribution is 0.0474. The van der Waals surface area contributed by atoms with Crippen molar-refractivity contribution in [3.8, 4) is 0 Å². The van der Waals surface area contributed by atoms with Crippen molar-refractivity contribution in [2.24, 2.45) is 4.99 Å². The van der Waals surface area contributed by atoms with E-state index in [1.54, 1.807) is 7.05 Å². The van der Waals surface area contributed by atoms with Crippen molar-refractivity contribution in [2.75, 3.05) is 13.6 Å². The Bertz CT molecular complexity index is 593. The molecule has 1 heterocycles. The average Bonchev–Trinajstić information content (AvgIpc) is 2.92. The maximum Gasteiger partial charge on any atom is 0.408 e. The fourth-order valence-corrected chi connectivity index (χ4v) is 1.93. The normalized spacial score (nSPS) is 12.2. The molecule has 0 saturated heterocycles. The monoisotopic (exact) mass is 481 g/mol. The number of hydrogen-bond donors (Lipinski definition) is 3. The van der Waals surface area contributed by atoms with Crippen molar-refractivity contribution >= 4 is 36.0 Å². The molecule has 1 amide bonds.